The zero-order valence-electron chi connectivity index (χ0n) is 15.4. The minimum absolute atomic E-state index is 0.0953. The largest absolute Gasteiger partial charge is 0.497 e. The van der Waals surface area contributed by atoms with Crippen LogP contribution in [0.15, 0.2) is 59.8 Å². The smallest absolute Gasteiger partial charge is 0.234 e. The lowest BCUT2D eigenvalue weighted by atomic mass is 10.1. The summed E-state index contributed by atoms with van der Waals surface area (Å²) in [6.45, 7) is 0. The SMILES string of the molecule is COc1cccc(NC(=O)CSc2nnc(CCc3ccccc3)n2C)c1. The number of anilines is 1. The molecule has 0 fully saturated rings. The van der Waals surface area contributed by atoms with Crippen LogP contribution in [0.1, 0.15) is 11.4 Å². The van der Waals surface area contributed by atoms with Crippen molar-refractivity contribution < 1.29 is 9.53 Å². The molecular formula is C20H22N4O2S. The molecule has 1 N–H and O–H groups in total. The summed E-state index contributed by atoms with van der Waals surface area (Å²) in [7, 11) is 3.53. The Hall–Kier alpha value is -2.80. The van der Waals surface area contributed by atoms with E-state index in [1.165, 1.54) is 17.3 Å². The van der Waals surface area contributed by atoms with Crippen LogP contribution in [0.2, 0.25) is 0 Å². The maximum absolute atomic E-state index is 12.2. The quantitative estimate of drug-likeness (QED) is 0.605. The third-order valence-electron chi connectivity index (χ3n) is 4.09. The van der Waals surface area contributed by atoms with Crippen molar-refractivity contribution in [3.05, 3.63) is 66.0 Å². The molecule has 0 atom stereocenters. The lowest BCUT2D eigenvalue weighted by molar-refractivity contribution is -0.113. The first-order chi connectivity index (χ1) is 13.2. The highest BCUT2D eigenvalue weighted by Gasteiger charge is 2.12. The van der Waals surface area contributed by atoms with Gasteiger partial charge in [0.25, 0.3) is 0 Å². The number of amides is 1. The molecule has 1 amide bonds. The first-order valence-electron chi connectivity index (χ1n) is 8.64. The van der Waals surface area contributed by atoms with Crippen LogP contribution < -0.4 is 10.1 Å². The van der Waals surface area contributed by atoms with Crippen molar-refractivity contribution in [2.45, 2.75) is 18.0 Å². The fraction of sp³-hybridized carbons (Fsp3) is 0.250. The van der Waals surface area contributed by atoms with Gasteiger partial charge in [0.2, 0.25) is 5.91 Å². The third kappa shape index (κ3) is 5.34. The van der Waals surface area contributed by atoms with Crippen LogP contribution in [-0.2, 0) is 24.7 Å². The van der Waals surface area contributed by atoms with Crippen LogP contribution in [0.4, 0.5) is 5.69 Å². The third-order valence-corrected chi connectivity index (χ3v) is 5.11. The van der Waals surface area contributed by atoms with Gasteiger partial charge in [-0.15, -0.1) is 10.2 Å². The summed E-state index contributed by atoms with van der Waals surface area (Å²) in [5, 5.41) is 12.1. The Bertz CT molecular complexity index is 896. The number of nitrogens with one attached hydrogen (secondary N) is 1. The number of aromatic nitrogens is 3. The number of thioether (sulfide) groups is 1. The Morgan fingerprint density at radius 2 is 1.93 bits per heavy atom. The van der Waals surface area contributed by atoms with Gasteiger partial charge in [-0.1, -0.05) is 48.2 Å². The molecule has 0 saturated carbocycles. The summed E-state index contributed by atoms with van der Waals surface area (Å²) < 4.78 is 7.11. The number of ether oxygens (including phenoxy) is 1. The molecule has 6 nitrogen and oxygen atoms in total. The number of benzene rings is 2. The van der Waals surface area contributed by atoms with Gasteiger partial charge in [-0.05, 0) is 24.1 Å². The molecule has 27 heavy (non-hydrogen) atoms. The van der Waals surface area contributed by atoms with E-state index in [0.717, 1.165) is 23.8 Å². The molecule has 3 aromatic rings. The van der Waals surface area contributed by atoms with Crippen LogP contribution >= 0.6 is 11.8 Å². The van der Waals surface area contributed by atoms with Crippen molar-refractivity contribution in [1.29, 1.82) is 0 Å². The van der Waals surface area contributed by atoms with Crippen molar-refractivity contribution in [3.63, 3.8) is 0 Å². The van der Waals surface area contributed by atoms with Crippen LogP contribution in [0.5, 0.6) is 5.75 Å². The van der Waals surface area contributed by atoms with E-state index < -0.39 is 0 Å². The van der Waals surface area contributed by atoms with Crippen LogP contribution in [0.3, 0.4) is 0 Å². The maximum Gasteiger partial charge on any atom is 0.234 e. The molecule has 0 bridgehead atoms. The van der Waals surface area contributed by atoms with Gasteiger partial charge >= 0.3 is 0 Å². The number of rotatable bonds is 8. The van der Waals surface area contributed by atoms with Gasteiger partial charge in [-0.2, -0.15) is 0 Å². The highest BCUT2D eigenvalue weighted by atomic mass is 32.2. The van der Waals surface area contributed by atoms with E-state index in [1.807, 2.05) is 48.0 Å². The molecule has 0 spiro atoms. The standard InChI is InChI=1S/C20H22N4O2S/c1-24-18(12-11-15-7-4-3-5-8-15)22-23-20(24)27-14-19(25)21-16-9-6-10-17(13-16)26-2/h3-10,13H,11-12,14H2,1-2H3,(H,21,25). The number of carbonyl (C=O) groups excluding carboxylic acids is 1. The summed E-state index contributed by atoms with van der Waals surface area (Å²) in [6, 6.07) is 17.6. The summed E-state index contributed by atoms with van der Waals surface area (Å²) in [5.41, 5.74) is 1.98. The summed E-state index contributed by atoms with van der Waals surface area (Å²) in [5.74, 6) is 1.79. The molecule has 0 aliphatic carbocycles. The second kappa shape index (κ2) is 9.23. The van der Waals surface area contributed by atoms with E-state index >= 15 is 0 Å². The van der Waals surface area contributed by atoms with Gasteiger partial charge in [-0.25, -0.2) is 0 Å². The first kappa shape index (κ1) is 19.0. The van der Waals surface area contributed by atoms with Gasteiger partial charge in [-0.3, -0.25) is 4.79 Å². The second-order valence-electron chi connectivity index (χ2n) is 6.01. The highest BCUT2D eigenvalue weighted by molar-refractivity contribution is 7.99. The number of hydrogen-bond donors (Lipinski definition) is 1. The Morgan fingerprint density at radius 1 is 1.11 bits per heavy atom. The minimum atomic E-state index is -0.0953. The Kier molecular flexibility index (Phi) is 6.49. The predicted molar refractivity (Wildman–Crippen MR) is 107 cm³/mol. The molecule has 1 aromatic heterocycles. The molecule has 140 valence electrons. The van der Waals surface area contributed by atoms with Gasteiger partial charge in [0.15, 0.2) is 5.16 Å². The Labute approximate surface area is 163 Å². The molecule has 2 aromatic carbocycles. The first-order valence-corrected chi connectivity index (χ1v) is 9.63. The highest BCUT2D eigenvalue weighted by Crippen LogP contribution is 2.19. The van der Waals surface area contributed by atoms with Crippen molar-refractivity contribution in [1.82, 2.24) is 14.8 Å². The number of aryl methyl sites for hydroxylation is 2. The van der Waals surface area contributed by atoms with Gasteiger partial charge in [0.05, 0.1) is 12.9 Å². The normalized spacial score (nSPS) is 10.6. The molecule has 0 aliphatic rings. The molecule has 1 heterocycles. The maximum atomic E-state index is 12.2. The van der Waals surface area contributed by atoms with E-state index in [4.69, 9.17) is 4.74 Å². The molecule has 7 heteroatoms. The minimum Gasteiger partial charge on any atom is -0.497 e. The van der Waals surface area contributed by atoms with Crippen LogP contribution in [0, 0.1) is 0 Å². The Morgan fingerprint density at radius 3 is 2.70 bits per heavy atom. The number of hydrogen-bond acceptors (Lipinski definition) is 5. The number of nitrogens with zero attached hydrogens (tertiary/aromatic N) is 3. The molecule has 3 rings (SSSR count). The van der Waals surface area contributed by atoms with Crippen molar-refractivity contribution in [2.75, 3.05) is 18.2 Å². The van der Waals surface area contributed by atoms with Gasteiger partial charge < -0.3 is 14.6 Å². The molecule has 0 unspecified atom stereocenters. The number of methoxy groups -OCH3 is 1. The van der Waals surface area contributed by atoms with E-state index in [9.17, 15) is 4.79 Å². The molecular weight excluding hydrogens is 360 g/mol. The van der Waals surface area contributed by atoms with Crippen LogP contribution in [-0.4, -0.2) is 33.5 Å². The topological polar surface area (TPSA) is 69.0 Å². The monoisotopic (exact) mass is 382 g/mol. The van der Waals surface area contributed by atoms with Crippen LogP contribution in [0.25, 0.3) is 0 Å². The van der Waals surface area contributed by atoms with E-state index in [1.54, 1.807) is 13.2 Å². The fourth-order valence-electron chi connectivity index (χ4n) is 2.62. The van der Waals surface area contributed by atoms with Gasteiger partial charge in [0.1, 0.15) is 11.6 Å². The zero-order valence-corrected chi connectivity index (χ0v) is 16.2. The lowest BCUT2D eigenvalue weighted by Gasteiger charge is -2.07. The Balaban J connectivity index is 1.52. The van der Waals surface area contributed by atoms with Crippen molar-refractivity contribution >= 4 is 23.4 Å². The zero-order chi connectivity index (χ0) is 19.1. The molecule has 0 saturated heterocycles. The summed E-state index contributed by atoms with van der Waals surface area (Å²) in [6.07, 6.45) is 1.72. The van der Waals surface area contributed by atoms with E-state index in [-0.39, 0.29) is 11.7 Å². The van der Waals surface area contributed by atoms with Crippen molar-refractivity contribution in [2.24, 2.45) is 7.05 Å². The average molecular weight is 382 g/mol. The van der Waals surface area contributed by atoms with E-state index in [0.29, 0.717) is 11.4 Å². The fourth-order valence-corrected chi connectivity index (χ4v) is 3.35. The van der Waals surface area contributed by atoms with E-state index in [2.05, 4.69) is 27.6 Å². The second-order valence-corrected chi connectivity index (χ2v) is 6.95. The lowest BCUT2D eigenvalue weighted by Crippen LogP contribution is -2.14. The average Bonchev–Trinajstić information content (AvgIpc) is 3.05. The number of carbonyl (C=O) groups is 1. The van der Waals surface area contributed by atoms with Gasteiger partial charge in [0, 0.05) is 25.2 Å². The predicted octanol–water partition coefficient (Wildman–Crippen LogP) is 3.34. The van der Waals surface area contributed by atoms with Crippen molar-refractivity contribution in [3.8, 4) is 5.75 Å². The summed E-state index contributed by atoms with van der Waals surface area (Å²) in [4.78, 5) is 12.2. The summed E-state index contributed by atoms with van der Waals surface area (Å²) >= 11 is 1.37. The molecule has 0 radical (unpaired) electrons. The molecule has 0 aliphatic heterocycles.